The molecule has 0 saturated carbocycles. The van der Waals surface area contributed by atoms with Gasteiger partial charge in [0.05, 0.1) is 32.0 Å². The molecule has 14 heteroatoms. The number of amides is 1. The van der Waals surface area contributed by atoms with Crippen molar-refractivity contribution < 1.29 is 64.6 Å². The van der Waals surface area contributed by atoms with Crippen molar-refractivity contribution in [3.63, 3.8) is 0 Å². The van der Waals surface area contributed by atoms with Crippen molar-refractivity contribution in [3.05, 3.63) is 12.2 Å². The molecular weight excluding hydrogens is 787 g/mol. The van der Waals surface area contributed by atoms with Crippen LogP contribution in [0.15, 0.2) is 12.2 Å². The van der Waals surface area contributed by atoms with E-state index >= 15 is 0 Å². The minimum Gasteiger partial charge on any atom is -0.394 e. The zero-order chi connectivity index (χ0) is 44.7. The van der Waals surface area contributed by atoms with Gasteiger partial charge in [-0.15, -0.1) is 0 Å². The summed E-state index contributed by atoms with van der Waals surface area (Å²) in [6.07, 6.45) is 18.2. The van der Waals surface area contributed by atoms with E-state index in [2.05, 4.69) is 19.2 Å². The molecule has 2 fully saturated rings. The van der Waals surface area contributed by atoms with Crippen molar-refractivity contribution >= 4 is 5.91 Å². The van der Waals surface area contributed by atoms with Crippen LogP contribution in [0.2, 0.25) is 0 Å². The van der Waals surface area contributed by atoms with Crippen LogP contribution in [0.4, 0.5) is 0 Å². The van der Waals surface area contributed by atoms with Crippen molar-refractivity contribution in [2.45, 2.75) is 261 Å². The van der Waals surface area contributed by atoms with Crippen LogP contribution in [0.3, 0.4) is 0 Å². The molecule has 2 aliphatic rings. The normalized spacial score (nSPS) is 28.0. The van der Waals surface area contributed by atoms with Crippen LogP contribution in [0.5, 0.6) is 0 Å². The van der Waals surface area contributed by atoms with E-state index in [4.69, 9.17) is 18.9 Å². The van der Waals surface area contributed by atoms with Gasteiger partial charge in [-0.05, 0) is 19.3 Å². The highest BCUT2D eigenvalue weighted by molar-refractivity contribution is 5.76. The third-order valence-corrected chi connectivity index (χ3v) is 12.2. The minimum absolute atomic E-state index is 0.239. The lowest BCUT2D eigenvalue weighted by atomic mass is 9.97. The highest BCUT2D eigenvalue weighted by Gasteiger charge is 2.51. The van der Waals surface area contributed by atoms with Gasteiger partial charge in [-0.2, -0.15) is 0 Å². The van der Waals surface area contributed by atoms with Gasteiger partial charge < -0.3 is 65.1 Å². The minimum atomic E-state index is -1.78. The first-order chi connectivity index (χ1) is 29.6. The summed E-state index contributed by atoms with van der Waals surface area (Å²) >= 11 is 0. The molecule has 0 bridgehead atoms. The molecule has 14 nitrogen and oxygen atoms in total. The average molecular weight is 876 g/mol. The molecule has 0 radical (unpaired) electrons. The number of aliphatic hydroxyl groups excluding tert-OH is 8. The van der Waals surface area contributed by atoms with E-state index < -0.39 is 86.8 Å². The van der Waals surface area contributed by atoms with Gasteiger partial charge >= 0.3 is 0 Å². The summed E-state index contributed by atoms with van der Waals surface area (Å²) < 4.78 is 22.7. The zero-order valence-corrected chi connectivity index (χ0v) is 37.9. The Bertz CT molecular complexity index is 1080. The first-order valence-corrected chi connectivity index (χ1v) is 24.4. The summed E-state index contributed by atoms with van der Waals surface area (Å²) in [6.45, 7) is 2.77. The molecule has 360 valence electrons. The summed E-state index contributed by atoms with van der Waals surface area (Å²) in [5.74, 6) is -0.239. The molecule has 2 heterocycles. The van der Waals surface area contributed by atoms with Crippen molar-refractivity contribution in [2.75, 3.05) is 19.8 Å². The van der Waals surface area contributed by atoms with E-state index in [1.807, 2.05) is 6.08 Å². The molecule has 0 aliphatic carbocycles. The van der Waals surface area contributed by atoms with E-state index in [0.29, 0.717) is 6.42 Å². The van der Waals surface area contributed by atoms with E-state index in [1.54, 1.807) is 6.08 Å². The second-order valence-corrected chi connectivity index (χ2v) is 17.6. The number of aliphatic hydroxyl groups is 8. The number of allylic oxidation sites excluding steroid dienone is 1. The van der Waals surface area contributed by atoms with E-state index in [-0.39, 0.29) is 18.9 Å². The van der Waals surface area contributed by atoms with Crippen molar-refractivity contribution in [3.8, 4) is 0 Å². The molecule has 61 heavy (non-hydrogen) atoms. The van der Waals surface area contributed by atoms with Gasteiger partial charge in [0.15, 0.2) is 12.6 Å². The summed E-state index contributed by atoms with van der Waals surface area (Å²) in [4.78, 5) is 13.1. The summed E-state index contributed by atoms with van der Waals surface area (Å²) in [6, 6.07) is -0.906. The van der Waals surface area contributed by atoms with Gasteiger partial charge in [-0.25, -0.2) is 0 Å². The molecule has 2 saturated heterocycles. The molecule has 9 N–H and O–H groups in total. The predicted molar refractivity (Wildman–Crippen MR) is 235 cm³/mol. The third kappa shape index (κ3) is 23.0. The van der Waals surface area contributed by atoms with Crippen molar-refractivity contribution in [2.24, 2.45) is 0 Å². The second kappa shape index (κ2) is 35.0. The Kier molecular flexibility index (Phi) is 32.1. The lowest BCUT2D eigenvalue weighted by Gasteiger charge is -2.46. The molecule has 2 rings (SSSR count). The highest BCUT2D eigenvalue weighted by Crippen LogP contribution is 2.30. The number of unbranched alkanes of at least 4 members (excludes halogenated alkanes) is 24. The second-order valence-electron chi connectivity index (χ2n) is 17.6. The largest absolute Gasteiger partial charge is 0.394 e. The molecule has 0 aromatic carbocycles. The molecule has 0 spiro atoms. The van der Waals surface area contributed by atoms with Crippen LogP contribution >= 0.6 is 0 Å². The quantitative estimate of drug-likeness (QED) is 0.0274. The van der Waals surface area contributed by atoms with Crippen LogP contribution in [-0.2, 0) is 23.7 Å². The van der Waals surface area contributed by atoms with E-state index in [1.165, 1.54) is 122 Å². The molecule has 12 atom stereocenters. The maximum atomic E-state index is 13.1. The number of carbonyl (C=O) groups is 1. The molecule has 12 unspecified atom stereocenters. The van der Waals surface area contributed by atoms with Crippen molar-refractivity contribution in [1.82, 2.24) is 5.32 Å². The maximum absolute atomic E-state index is 13.1. The van der Waals surface area contributed by atoms with Gasteiger partial charge in [0.25, 0.3) is 0 Å². The Morgan fingerprint density at radius 2 is 1.02 bits per heavy atom. The van der Waals surface area contributed by atoms with E-state index in [9.17, 15) is 45.6 Å². The molecule has 2 aliphatic heterocycles. The number of ether oxygens (including phenoxy) is 4. The van der Waals surface area contributed by atoms with Gasteiger partial charge in [-0.3, -0.25) is 4.79 Å². The van der Waals surface area contributed by atoms with Gasteiger partial charge in [-0.1, -0.05) is 174 Å². The highest BCUT2D eigenvalue weighted by atomic mass is 16.7. The summed E-state index contributed by atoms with van der Waals surface area (Å²) in [7, 11) is 0. The SMILES string of the molecule is CCCCCCCCCCCCC/C=C/C(O)C(COC1OC(CO)C(OC2OC(CO)C(O)C(O)C2O)C(O)C1O)NC(=O)CCCCCCCCCCCCCCCC. The molecule has 0 aromatic heterocycles. The van der Waals surface area contributed by atoms with Crippen LogP contribution < -0.4 is 5.32 Å². The standard InChI is InChI=1S/C47H89NO13/c1-3-5-7-9-11-13-15-17-19-21-23-25-27-29-31-39(52)48-35(36(51)30-28-26-24-22-20-18-16-14-12-10-8-6-4-2)34-58-46-44(57)42(55)45(38(33-50)60-46)61-47-43(56)41(54)40(53)37(32-49)59-47/h28,30,35-38,40-47,49-51,53-57H,3-27,29,31-34H2,1-2H3,(H,48,52)/b30-28+. The third-order valence-electron chi connectivity index (χ3n) is 12.2. The Morgan fingerprint density at radius 3 is 1.51 bits per heavy atom. The van der Waals surface area contributed by atoms with E-state index in [0.717, 1.165) is 38.5 Å². The first-order valence-electron chi connectivity index (χ1n) is 24.4. The van der Waals surface area contributed by atoms with Gasteiger partial charge in [0.1, 0.15) is 48.8 Å². The topological polar surface area (TPSA) is 228 Å². The number of carbonyl (C=O) groups excluding carboxylic acids is 1. The molecule has 1 amide bonds. The number of rotatable bonds is 37. The predicted octanol–water partition coefficient (Wildman–Crippen LogP) is 5.60. The fraction of sp³-hybridized carbons (Fsp3) is 0.936. The smallest absolute Gasteiger partial charge is 0.220 e. The van der Waals surface area contributed by atoms with Crippen LogP contribution in [0.1, 0.15) is 187 Å². The Hall–Kier alpha value is -1.27. The first kappa shape index (κ1) is 55.9. The van der Waals surface area contributed by atoms with Gasteiger partial charge in [0.2, 0.25) is 5.91 Å². The van der Waals surface area contributed by atoms with Crippen molar-refractivity contribution in [1.29, 1.82) is 0 Å². The fourth-order valence-electron chi connectivity index (χ4n) is 8.17. The summed E-state index contributed by atoms with van der Waals surface area (Å²) in [5.41, 5.74) is 0. The lowest BCUT2D eigenvalue weighted by molar-refractivity contribution is -0.359. The fourth-order valence-corrected chi connectivity index (χ4v) is 8.17. The molecular formula is C47H89NO13. The Morgan fingerprint density at radius 1 is 0.574 bits per heavy atom. The Labute approximate surface area is 367 Å². The molecule has 0 aromatic rings. The lowest BCUT2D eigenvalue weighted by Crippen LogP contribution is -2.65. The number of hydrogen-bond donors (Lipinski definition) is 9. The monoisotopic (exact) mass is 876 g/mol. The summed E-state index contributed by atoms with van der Waals surface area (Å²) in [5, 5.41) is 86.6. The van der Waals surface area contributed by atoms with Crippen LogP contribution in [0.25, 0.3) is 0 Å². The van der Waals surface area contributed by atoms with Gasteiger partial charge in [0, 0.05) is 6.42 Å². The average Bonchev–Trinajstić information content (AvgIpc) is 3.26. The number of nitrogens with one attached hydrogen (secondary N) is 1. The Balaban J connectivity index is 1.88. The number of hydrogen-bond acceptors (Lipinski definition) is 13. The van der Waals surface area contributed by atoms with Crippen LogP contribution in [0, 0.1) is 0 Å². The zero-order valence-electron chi connectivity index (χ0n) is 37.9. The maximum Gasteiger partial charge on any atom is 0.220 e. The van der Waals surface area contributed by atoms with Crippen LogP contribution in [-0.4, -0.2) is 140 Å².